The van der Waals surface area contributed by atoms with Gasteiger partial charge < -0.3 is 5.73 Å². The van der Waals surface area contributed by atoms with E-state index in [-0.39, 0.29) is 11.7 Å². The van der Waals surface area contributed by atoms with Crippen LogP contribution in [0.2, 0.25) is 0 Å². The Morgan fingerprint density at radius 3 is 2.93 bits per heavy atom. The highest BCUT2D eigenvalue weighted by molar-refractivity contribution is 5.97. The van der Waals surface area contributed by atoms with Crippen molar-refractivity contribution in [2.24, 2.45) is 11.7 Å². The van der Waals surface area contributed by atoms with Crippen molar-refractivity contribution in [1.29, 1.82) is 0 Å². The minimum Gasteiger partial charge on any atom is -0.330 e. The maximum atomic E-state index is 11.8. The average Bonchev–Trinajstić information content (AvgIpc) is 2.26. The van der Waals surface area contributed by atoms with Gasteiger partial charge in [0.25, 0.3) is 0 Å². The summed E-state index contributed by atoms with van der Waals surface area (Å²) in [6.07, 6.45) is 5.09. The number of ketones is 1. The Balaban J connectivity index is 2.73. The summed E-state index contributed by atoms with van der Waals surface area (Å²) < 4.78 is 0. The lowest BCUT2D eigenvalue weighted by atomic mass is 9.94. The molecule has 0 aliphatic heterocycles. The molecule has 3 heteroatoms. The van der Waals surface area contributed by atoms with Gasteiger partial charge in [-0.05, 0) is 18.6 Å². The maximum Gasteiger partial charge on any atom is 0.168 e. The Hall–Kier alpha value is -1.22. The van der Waals surface area contributed by atoms with Crippen LogP contribution in [0.3, 0.4) is 0 Å². The molecule has 1 heterocycles. The largest absolute Gasteiger partial charge is 0.330 e. The van der Waals surface area contributed by atoms with Gasteiger partial charge in [0.2, 0.25) is 0 Å². The second kappa shape index (κ2) is 5.50. The summed E-state index contributed by atoms with van der Waals surface area (Å²) in [5, 5.41) is 0. The minimum absolute atomic E-state index is 0.0517. The number of Topliss-reactive ketones (excluding diaryl/α,β-unsaturated/α-hetero) is 1. The van der Waals surface area contributed by atoms with Crippen LogP contribution in [0.4, 0.5) is 0 Å². The third kappa shape index (κ3) is 2.64. The molecular formula is C11H16N2O. The summed E-state index contributed by atoms with van der Waals surface area (Å²) in [5.74, 6) is 0.0617. The van der Waals surface area contributed by atoms with E-state index in [2.05, 4.69) is 11.9 Å². The molecule has 1 rings (SSSR count). The van der Waals surface area contributed by atoms with Crippen molar-refractivity contribution < 1.29 is 4.79 Å². The fourth-order valence-electron chi connectivity index (χ4n) is 1.45. The number of carbonyl (C=O) groups is 1. The minimum atomic E-state index is -0.0517. The zero-order chi connectivity index (χ0) is 10.4. The third-order valence-electron chi connectivity index (χ3n) is 2.24. The second-order valence-electron chi connectivity index (χ2n) is 3.33. The molecule has 0 saturated carbocycles. The standard InChI is InChI=1S/C11H16N2O/c1-2-4-9(7-12)11(14)10-5-3-6-13-8-10/h3,5-6,8-9H,2,4,7,12H2,1H3. The fourth-order valence-corrected chi connectivity index (χ4v) is 1.45. The summed E-state index contributed by atoms with van der Waals surface area (Å²) in [6.45, 7) is 2.47. The molecule has 2 N–H and O–H groups in total. The molecule has 0 radical (unpaired) electrons. The van der Waals surface area contributed by atoms with E-state index in [1.807, 2.05) is 0 Å². The molecule has 1 aromatic rings. The molecule has 0 aliphatic carbocycles. The van der Waals surface area contributed by atoms with Crippen LogP contribution >= 0.6 is 0 Å². The lowest BCUT2D eigenvalue weighted by Crippen LogP contribution is -2.23. The van der Waals surface area contributed by atoms with Gasteiger partial charge in [-0.2, -0.15) is 0 Å². The number of aromatic nitrogens is 1. The van der Waals surface area contributed by atoms with Crippen LogP contribution in [-0.2, 0) is 0 Å². The second-order valence-corrected chi connectivity index (χ2v) is 3.33. The summed E-state index contributed by atoms with van der Waals surface area (Å²) in [7, 11) is 0. The quantitative estimate of drug-likeness (QED) is 0.721. The predicted octanol–water partition coefficient (Wildman–Crippen LogP) is 1.64. The van der Waals surface area contributed by atoms with E-state index in [1.54, 1.807) is 24.5 Å². The van der Waals surface area contributed by atoms with Gasteiger partial charge in [-0.25, -0.2) is 0 Å². The molecule has 0 saturated heterocycles. The van der Waals surface area contributed by atoms with Crippen LogP contribution in [0.1, 0.15) is 30.1 Å². The smallest absolute Gasteiger partial charge is 0.168 e. The molecule has 14 heavy (non-hydrogen) atoms. The summed E-state index contributed by atoms with van der Waals surface area (Å²) in [4.78, 5) is 15.8. The first kappa shape index (κ1) is 10.9. The highest BCUT2D eigenvalue weighted by atomic mass is 16.1. The fraction of sp³-hybridized carbons (Fsp3) is 0.455. The highest BCUT2D eigenvalue weighted by Gasteiger charge is 2.17. The Morgan fingerprint density at radius 2 is 2.43 bits per heavy atom. The number of rotatable bonds is 5. The zero-order valence-electron chi connectivity index (χ0n) is 8.44. The van der Waals surface area contributed by atoms with Crippen molar-refractivity contribution in [2.45, 2.75) is 19.8 Å². The Bertz CT molecular complexity index is 285. The monoisotopic (exact) mass is 192 g/mol. The molecule has 0 bridgehead atoms. The van der Waals surface area contributed by atoms with Crippen molar-refractivity contribution in [2.75, 3.05) is 6.54 Å². The molecule has 1 unspecified atom stereocenters. The van der Waals surface area contributed by atoms with Crippen molar-refractivity contribution in [3.8, 4) is 0 Å². The topological polar surface area (TPSA) is 56.0 Å². The SMILES string of the molecule is CCCC(CN)C(=O)c1cccnc1. The number of nitrogens with zero attached hydrogens (tertiary/aromatic N) is 1. The van der Waals surface area contributed by atoms with Gasteiger partial charge in [-0.1, -0.05) is 13.3 Å². The van der Waals surface area contributed by atoms with Gasteiger partial charge in [0.1, 0.15) is 0 Å². The van der Waals surface area contributed by atoms with Gasteiger partial charge in [0.05, 0.1) is 0 Å². The van der Waals surface area contributed by atoms with E-state index in [0.717, 1.165) is 12.8 Å². The average molecular weight is 192 g/mol. The molecule has 0 aromatic carbocycles. The molecule has 0 spiro atoms. The summed E-state index contributed by atoms with van der Waals surface area (Å²) in [5.41, 5.74) is 6.22. The maximum absolute atomic E-state index is 11.8. The molecule has 0 fully saturated rings. The first-order valence-electron chi connectivity index (χ1n) is 4.94. The van der Waals surface area contributed by atoms with Crippen LogP contribution < -0.4 is 5.73 Å². The van der Waals surface area contributed by atoms with E-state index < -0.39 is 0 Å². The number of hydrogen-bond donors (Lipinski definition) is 1. The number of pyridine rings is 1. The summed E-state index contributed by atoms with van der Waals surface area (Å²) in [6, 6.07) is 3.56. The third-order valence-corrected chi connectivity index (χ3v) is 2.24. The Kier molecular flexibility index (Phi) is 4.26. The van der Waals surface area contributed by atoms with Crippen LogP contribution in [0.25, 0.3) is 0 Å². The van der Waals surface area contributed by atoms with E-state index in [1.165, 1.54) is 0 Å². The lowest BCUT2D eigenvalue weighted by molar-refractivity contribution is 0.0917. The van der Waals surface area contributed by atoms with E-state index in [4.69, 9.17) is 5.73 Å². The van der Waals surface area contributed by atoms with Crippen LogP contribution in [0.5, 0.6) is 0 Å². The first-order chi connectivity index (χ1) is 6.79. The van der Waals surface area contributed by atoms with Crippen LogP contribution in [0.15, 0.2) is 24.5 Å². The van der Waals surface area contributed by atoms with Gasteiger partial charge >= 0.3 is 0 Å². The van der Waals surface area contributed by atoms with E-state index in [0.29, 0.717) is 12.1 Å². The normalized spacial score (nSPS) is 12.4. The van der Waals surface area contributed by atoms with E-state index in [9.17, 15) is 4.79 Å². The molecular weight excluding hydrogens is 176 g/mol. The molecule has 1 atom stereocenters. The number of carbonyl (C=O) groups excluding carboxylic acids is 1. The molecule has 0 aliphatic rings. The van der Waals surface area contributed by atoms with Crippen molar-refractivity contribution >= 4 is 5.78 Å². The number of hydrogen-bond acceptors (Lipinski definition) is 3. The van der Waals surface area contributed by atoms with Gasteiger partial charge in [-0.15, -0.1) is 0 Å². The summed E-state index contributed by atoms with van der Waals surface area (Å²) >= 11 is 0. The van der Waals surface area contributed by atoms with Gasteiger partial charge in [-0.3, -0.25) is 9.78 Å². The zero-order valence-corrected chi connectivity index (χ0v) is 8.44. The number of nitrogens with two attached hydrogens (primary N) is 1. The Morgan fingerprint density at radius 1 is 1.64 bits per heavy atom. The van der Waals surface area contributed by atoms with Gasteiger partial charge in [0, 0.05) is 30.4 Å². The predicted molar refractivity (Wildman–Crippen MR) is 56.0 cm³/mol. The van der Waals surface area contributed by atoms with Crippen molar-refractivity contribution in [3.05, 3.63) is 30.1 Å². The van der Waals surface area contributed by atoms with E-state index >= 15 is 0 Å². The molecule has 0 amide bonds. The van der Waals surface area contributed by atoms with Crippen molar-refractivity contribution in [1.82, 2.24) is 4.98 Å². The first-order valence-corrected chi connectivity index (χ1v) is 4.94. The van der Waals surface area contributed by atoms with Crippen LogP contribution in [0, 0.1) is 5.92 Å². The molecule has 3 nitrogen and oxygen atoms in total. The highest BCUT2D eigenvalue weighted by Crippen LogP contribution is 2.12. The Labute approximate surface area is 84.3 Å². The molecule has 76 valence electrons. The van der Waals surface area contributed by atoms with Crippen LogP contribution in [-0.4, -0.2) is 17.3 Å². The lowest BCUT2D eigenvalue weighted by Gasteiger charge is -2.11. The molecule has 1 aromatic heterocycles. The van der Waals surface area contributed by atoms with Crippen molar-refractivity contribution in [3.63, 3.8) is 0 Å². The van der Waals surface area contributed by atoms with Gasteiger partial charge in [0.15, 0.2) is 5.78 Å².